The van der Waals surface area contributed by atoms with Crippen molar-refractivity contribution in [2.75, 3.05) is 0 Å². The molecule has 1 N–H and O–H groups in total. The Balaban J connectivity index is 1.51. The van der Waals surface area contributed by atoms with E-state index in [0.29, 0.717) is 21.0 Å². The second-order valence-electron chi connectivity index (χ2n) is 7.05. The molecule has 0 fully saturated rings. The Morgan fingerprint density at radius 1 is 1.16 bits per heavy atom. The van der Waals surface area contributed by atoms with Crippen LogP contribution in [0.25, 0.3) is 16.0 Å². The van der Waals surface area contributed by atoms with Gasteiger partial charge in [-0.2, -0.15) is 0 Å². The third kappa shape index (κ3) is 3.53. The van der Waals surface area contributed by atoms with Crippen LogP contribution >= 0.6 is 22.9 Å². The number of thiophene rings is 1. The van der Waals surface area contributed by atoms with E-state index in [2.05, 4.69) is 10.4 Å². The lowest BCUT2D eigenvalue weighted by atomic mass is 10.2. The number of amides is 1. The summed E-state index contributed by atoms with van der Waals surface area (Å²) in [5, 5.41) is 9.32. The first-order chi connectivity index (χ1) is 15.5. The molecule has 0 saturated heterocycles. The summed E-state index contributed by atoms with van der Waals surface area (Å²) in [6, 6.07) is 12.3. The van der Waals surface area contributed by atoms with Crippen LogP contribution in [0.3, 0.4) is 0 Å². The summed E-state index contributed by atoms with van der Waals surface area (Å²) < 4.78 is 9.56. The van der Waals surface area contributed by atoms with Gasteiger partial charge in [-0.3, -0.25) is 14.2 Å². The van der Waals surface area contributed by atoms with Gasteiger partial charge < -0.3 is 9.73 Å². The number of carbonyl (C=O) groups excluding carboxylic acids is 1. The van der Waals surface area contributed by atoms with Gasteiger partial charge in [0, 0.05) is 11.6 Å². The van der Waals surface area contributed by atoms with Crippen molar-refractivity contribution >= 4 is 44.8 Å². The lowest BCUT2D eigenvalue weighted by Crippen LogP contribution is -2.32. The fourth-order valence-electron chi connectivity index (χ4n) is 3.47. The number of halogens is 1. The van der Waals surface area contributed by atoms with Crippen molar-refractivity contribution in [1.82, 2.24) is 24.1 Å². The van der Waals surface area contributed by atoms with Gasteiger partial charge in [-0.05, 0) is 35.2 Å². The van der Waals surface area contributed by atoms with Crippen LogP contribution in [-0.4, -0.2) is 24.7 Å². The van der Waals surface area contributed by atoms with E-state index in [0.717, 1.165) is 10.2 Å². The maximum absolute atomic E-state index is 13.1. The quantitative estimate of drug-likeness (QED) is 0.411. The maximum atomic E-state index is 13.1. The van der Waals surface area contributed by atoms with Crippen LogP contribution in [0.5, 0.6) is 0 Å². The molecule has 5 rings (SSSR count). The minimum absolute atomic E-state index is 0.109. The zero-order valence-electron chi connectivity index (χ0n) is 16.5. The first-order valence-corrected chi connectivity index (χ1v) is 10.9. The highest BCUT2D eigenvalue weighted by Crippen LogP contribution is 2.18. The van der Waals surface area contributed by atoms with Gasteiger partial charge in [-0.25, -0.2) is 13.9 Å². The van der Waals surface area contributed by atoms with E-state index in [1.54, 1.807) is 41.8 Å². The van der Waals surface area contributed by atoms with Gasteiger partial charge in [0.1, 0.15) is 17.0 Å². The van der Waals surface area contributed by atoms with E-state index >= 15 is 0 Å². The molecule has 0 unspecified atom stereocenters. The number of rotatable bonds is 6. The average molecular weight is 470 g/mol. The van der Waals surface area contributed by atoms with Crippen LogP contribution in [-0.2, 0) is 24.4 Å². The summed E-state index contributed by atoms with van der Waals surface area (Å²) in [7, 11) is 0. The zero-order valence-corrected chi connectivity index (χ0v) is 18.1. The van der Waals surface area contributed by atoms with Crippen molar-refractivity contribution in [3.63, 3.8) is 0 Å². The van der Waals surface area contributed by atoms with E-state index in [-0.39, 0.29) is 31.0 Å². The summed E-state index contributed by atoms with van der Waals surface area (Å²) in [5.74, 6) is 0.280. The molecule has 0 spiro atoms. The normalized spacial score (nSPS) is 11.4. The highest BCUT2D eigenvalue weighted by molar-refractivity contribution is 7.17. The molecule has 4 heterocycles. The van der Waals surface area contributed by atoms with E-state index in [1.807, 2.05) is 6.07 Å². The molecule has 9 nitrogen and oxygen atoms in total. The SMILES string of the molecule is O=C(Cn1nc2n(Cc3ccco3)c(=O)c3sccc3n2c1=O)NCc1ccccc1Cl. The van der Waals surface area contributed by atoms with Gasteiger partial charge in [-0.1, -0.05) is 29.8 Å². The van der Waals surface area contributed by atoms with Crippen molar-refractivity contribution in [2.45, 2.75) is 19.6 Å². The van der Waals surface area contributed by atoms with Gasteiger partial charge in [0.25, 0.3) is 5.56 Å². The molecule has 0 atom stereocenters. The molecule has 0 aliphatic heterocycles. The second-order valence-corrected chi connectivity index (χ2v) is 8.37. The molecule has 0 bridgehead atoms. The van der Waals surface area contributed by atoms with Crippen molar-refractivity contribution in [3.05, 3.63) is 91.3 Å². The van der Waals surface area contributed by atoms with Gasteiger partial charge in [0.2, 0.25) is 11.7 Å². The van der Waals surface area contributed by atoms with Gasteiger partial charge in [-0.15, -0.1) is 16.4 Å². The van der Waals surface area contributed by atoms with Crippen LogP contribution in [0, 0.1) is 0 Å². The smallest absolute Gasteiger partial charge is 0.352 e. The molecular formula is C21H16ClN5O4S. The second kappa shape index (κ2) is 8.13. The Kier molecular flexibility index (Phi) is 5.16. The monoisotopic (exact) mass is 469 g/mol. The van der Waals surface area contributed by atoms with Crippen LogP contribution in [0.4, 0.5) is 0 Å². The summed E-state index contributed by atoms with van der Waals surface area (Å²) in [5.41, 5.74) is 0.430. The minimum atomic E-state index is -0.510. The molecule has 0 saturated carbocycles. The number of fused-ring (bicyclic) bond motifs is 3. The Morgan fingerprint density at radius 2 is 2.00 bits per heavy atom. The van der Waals surface area contributed by atoms with Gasteiger partial charge in [0.05, 0.1) is 18.3 Å². The summed E-state index contributed by atoms with van der Waals surface area (Å²) >= 11 is 7.36. The van der Waals surface area contributed by atoms with Crippen LogP contribution < -0.4 is 16.6 Å². The number of hydrogen-bond acceptors (Lipinski definition) is 6. The topological polar surface area (TPSA) is 104 Å². The number of nitrogens with one attached hydrogen (secondary N) is 1. The fourth-order valence-corrected chi connectivity index (χ4v) is 4.49. The standard InChI is InChI=1S/C21H16ClN5O4S/c22-15-6-2-1-4-13(15)10-23-17(28)12-26-21(30)27-16-7-9-32-18(16)19(29)25(20(27)24-26)11-14-5-3-8-31-14/h1-9H,10-12H2,(H,23,28). The number of nitrogens with zero attached hydrogens (tertiary/aromatic N) is 4. The van der Waals surface area contributed by atoms with E-state index in [9.17, 15) is 14.4 Å². The Morgan fingerprint density at radius 3 is 2.78 bits per heavy atom. The van der Waals surface area contributed by atoms with E-state index in [4.69, 9.17) is 16.0 Å². The lowest BCUT2D eigenvalue weighted by molar-refractivity contribution is -0.122. The van der Waals surface area contributed by atoms with Crippen molar-refractivity contribution in [2.24, 2.45) is 0 Å². The van der Waals surface area contributed by atoms with Crippen molar-refractivity contribution in [1.29, 1.82) is 0 Å². The molecule has 0 radical (unpaired) electrons. The van der Waals surface area contributed by atoms with Crippen LogP contribution in [0.1, 0.15) is 11.3 Å². The molecule has 5 aromatic rings. The Bertz CT molecular complexity index is 1560. The number of aromatic nitrogens is 4. The summed E-state index contributed by atoms with van der Waals surface area (Å²) in [6.07, 6.45) is 1.51. The Hall–Kier alpha value is -3.63. The zero-order chi connectivity index (χ0) is 22.2. The lowest BCUT2D eigenvalue weighted by Gasteiger charge is -2.06. The van der Waals surface area contributed by atoms with Crippen LogP contribution in [0.15, 0.2) is 68.1 Å². The van der Waals surface area contributed by atoms with E-state index < -0.39 is 11.6 Å². The largest absolute Gasteiger partial charge is 0.467 e. The predicted molar refractivity (Wildman–Crippen MR) is 120 cm³/mol. The predicted octanol–water partition coefficient (Wildman–Crippen LogP) is 2.48. The maximum Gasteiger partial charge on any atom is 0.352 e. The van der Waals surface area contributed by atoms with E-state index in [1.165, 1.54) is 26.6 Å². The van der Waals surface area contributed by atoms with Gasteiger partial charge in [0.15, 0.2) is 0 Å². The third-order valence-electron chi connectivity index (χ3n) is 5.01. The summed E-state index contributed by atoms with van der Waals surface area (Å²) in [6.45, 7) is 0.0302. The molecule has 4 aromatic heterocycles. The molecule has 11 heteroatoms. The number of hydrogen-bond donors (Lipinski definition) is 1. The Labute approximate surface area is 189 Å². The highest BCUT2D eigenvalue weighted by atomic mass is 35.5. The fraction of sp³-hybridized carbons (Fsp3) is 0.143. The van der Waals surface area contributed by atoms with Crippen LogP contribution in [0.2, 0.25) is 5.02 Å². The van der Waals surface area contributed by atoms with Gasteiger partial charge >= 0.3 is 5.69 Å². The van der Waals surface area contributed by atoms with Crippen molar-refractivity contribution in [3.8, 4) is 0 Å². The number of carbonyl (C=O) groups is 1. The average Bonchev–Trinajstić information content (AvgIpc) is 3.52. The number of furan rings is 1. The molecule has 1 amide bonds. The first-order valence-electron chi connectivity index (χ1n) is 9.65. The summed E-state index contributed by atoms with van der Waals surface area (Å²) in [4.78, 5) is 38.6. The number of benzene rings is 1. The first kappa shape index (κ1) is 20.3. The third-order valence-corrected chi connectivity index (χ3v) is 6.27. The molecular weight excluding hydrogens is 454 g/mol. The molecule has 0 aliphatic carbocycles. The minimum Gasteiger partial charge on any atom is -0.467 e. The molecule has 0 aliphatic rings. The highest BCUT2D eigenvalue weighted by Gasteiger charge is 2.20. The van der Waals surface area contributed by atoms with Crippen molar-refractivity contribution < 1.29 is 9.21 Å². The molecule has 1 aromatic carbocycles. The molecule has 32 heavy (non-hydrogen) atoms. The molecule has 162 valence electrons.